The number of esters is 1. The molecule has 0 aliphatic rings. The first-order chi connectivity index (χ1) is 19.6. The van der Waals surface area contributed by atoms with E-state index in [0.717, 1.165) is 36.5 Å². The van der Waals surface area contributed by atoms with Crippen molar-refractivity contribution in [3.05, 3.63) is 106 Å². The average Bonchev–Trinajstić information content (AvgIpc) is 2.94. The smallest absolute Gasteiger partial charge is 0.339 e. The molecule has 1 amide bonds. The molecule has 2 atom stereocenters. The highest BCUT2D eigenvalue weighted by atomic mass is 19.1. The molecule has 0 saturated heterocycles. The van der Waals surface area contributed by atoms with Crippen molar-refractivity contribution in [3.8, 4) is 0 Å². The molecule has 0 radical (unpaired) electrons. The van der Waals surface area contributed by atoms with Crippen molar-refractivity contribution < 1.29 is 23.1 Å². The highest BCUT2D eigenvalue weighted by Crippen LogP contribution is 2.19. The topological polar surface area (TPSA) is 84.7 Å². The van der Waals surface area contributed by atoms with E-state index in [9.17, 15) is 18.4 Å². The summed E-state index contributed by atoms with van der Waals surface area (Å²) in [5.41, 5.74) is 10.3. The molecule has 0 aromatic heterocycles. The summed E-state index contributed by atoms with van der Waals surface area (Å²) in [6.07, 6.45) is 1.93. The van der Waals surface area contributed by atoms with Gasteiger partial charge in [-0.25, -0.2) is 13.6 Å². The van der Waals surface area contributed by atoms with Gasteiger partial charge in [0.25, 0.3) is 5.91 Å². The van der Waals surface area contributed by atoms with Gasteiger partial charge in [0.05, 0.1) is 11.1 Å². The number of hydrogen-bond acceptors (Lipinski definition) is 5. The van der Waals surface area contributed by atoms with Crippen molar-refractivity contribution in [1.29, 1.82) is 0 Å². The van der Waals surface area contributed by atoms with E-state index in [0.29, 0.717) is 18.7 Å². The number of benzene rings is 3. The quantitative estimate of drug-likeness (QED) is 0.249. The Hall–Kier alpha value is -3.62. The number of carbonyl (C=O) groups is 2. The molecule has 8 heteroatoms. The van der Waals surface area contributed by atoms with Crippen molar-refractivity contribution in [1.82, 2.24) is 10.2 Å². The third-order valence-corrected chi connectivity index (χ3v) is 7.02. The largest absolute Gasteiger partial charge is 0.456 e. The van der Waals surface area contributed by atoms with Gasteiger partial charge in [-0.1, -0.05) is 56.2 Å². The van der Waals surface area contributed by atoms with Gasteiger partial charge in [0.2, 0.25) is 0 Å². The molecule has 0 fully saturated rings. The summed E-state index contributed by atoms with van der Waals surface area (Å²) in [4.78, 5) is 28.4. The second-order valence-corrected chi connectivity index (χ2v) is 10.5. The van der Waals surface area contributed by atoms with Crippen LogP contribution < -0.4 is 11.1 Å². The Kier molecular flexibility index (Phi) is 12.0. The van der Waals surface area contributed by atoms with Crippen LogP contribution in [-0.4, -0.2) is 49.1 Å². The normalized spacial score (nSPS) is 12.6. The Balaban J connectivity index is 1.83. The molecule has 0 heterocycles. The van der Waals surface area contributed by atoms with Crippen LogP contribution in [-0.2, 0) is 24.1 Å². The molecule has 0 saturated carbocycles. The summed E-state index contributed by atoms with van der Waals surface area (Å²) in [6, 6.07) is 15.7. The molecule has 0 aliphatic carbocycles. The Bertz CT molecular complexity index is 1310. The number of aryl methyl sites for hydroxylation is 2. The van der Waals surface area contributed by atoms with E-state index in [2.05, 4.69) is 24.4 Å². The number of nitrogens with zero attached hydrogens (tertiary/aromatic N) is 1. The van der Waals surface area contributed by atoms with E-state index in [1.807, 2.05) is 26.0 Å². The molecule has 3 aromatic carbocycles. The van der Waals surface area contributed by atoms with Gasteiger partial charge < -0.3 is 20.7 Å². The second kappa shape index (κ2) is 15.4. The van der Waals surface area contributed by atoms with Crippen LogP contribution in [0.2, 0.25) is 0 Å². The molecule has 3 N–H and O–H groups in total. The SMILES string of the molecule is CCCCN(C)C(=O)c1ccc(C)cc1C(=O)O[C@H](CNCc1cccc(CC)c1)[C@@H](N)Cc1cc(F)cc(F)c1. The van der Waals surface area contributed by atoms with Gasteiger partial charge in [0.1, 0.15) is 17.7 Å². The second-order valence-electron chi connectivity index (χ2n) is 10.5. The fourth-order valence-electron chi connectivity index (χ4n) is 4.65. The van der Waals surface area contributed by atoms with Crippen LogP contribution in [0.25, 0.3) is 0 Å². The van der Waals surface area contributed by atoms with Crippen LogP contribution in [0.1, 0.15) is 69.7 Å². The molecule has 3 aromatic rings. The Morgan fingerprint density at radius 3 is 2.34 bits per heavy atom. The van der Waals surface area contributed by atoms with Crippen molar-refractivity contribution in [2.24, 2.45) is 5.73 Å². The van der Waals surface area contributed by atoms with E-state index < -0.39 is 29.7 Å². The third-order valence-electron chi connectivity index (χ3n) is 7.02. The first-order valence-corrected chi connectivity index (χ1v) is 14.2. The first-order valence-electron chi connectivity index (χ1n) is 14.2. The van der Waals surface area contributed by atoms with Crippen molar-refractivity contribution in [3.63, 3.8) is 0 Å². The Morgan fingerprint density at radius 1 is 0.951 bits per heavy atom. The summed E-state index contributed by atoms with van der Waals surface area (Å²) >= 11 is 0. The number of nitrogens with one attached hydrogen (secondary N) is 1. The number of rotatable bonds is 14. The maximum absolute atomic E-state index is 13.8. The lowest BCUT2D eigenvalue weighted by Crippen LogP contribution is -2.46. The lowest BCUT2D eigenvalue weighted by Gasteiger charge is -2.26. The molecule has 41 heavy (non-hydrogen) atoms. The van der Waals surface area contributed by atoms with Gasteiger partial charge in [-0.05, 0) is 67.1 Å². The van der Waals surface area contributed by atoms with Crippen molar-refractivity contribution >= 4 is 11.9 Å². The highest BCUT2D eigenvalue weighted by Gasteiger charge is 2.27. The number of unbranched alkanes of at least 4 members (excludes halogenated alkanes) is 1. The molecule has 220 valence electrons. The van der Waals surface area contributed by atoms with Gasteiger partial charge in [0, 0.05) is 38.8 Å². The zero-order valence-corrected chi connectivity index (χ0v) is 24.4. The maximum atomic E-state index is 13.8. The van der Waals surface area contributed by atoms with Gasteiger partial charge in [0.15, 0.2) is 0 Å². The van der Waals surface area contributed by atoms with Gasteiger partial charge in [-0.15, -0.1) is 0 Å². The molecular formula is C33H41F2N3O3. The maximum Gasteiger partial charge on any atom is 0.339 e. The van der Waals surface area contributed by atoms with Crippen LogP contribution in [0.4, 0.5) is 8.78 Å². The molecule has 6 nitrogen and oxygen atoms in total. The van der Waals surface area contributed by atoms with E-state index >= 15 is 0 Å². The lowest BCUT2D eigenvalue weighted by atomic mass is 10.0. The van der Waals surface area contributed by atoms with Gasteiger partial charge in [-0.3, -0.25) is 4.79 Å². The van der Waals surface area contributed by atoms with E-state index in [1.165, 1.54) is 17.7 Å². The summed E-state index contributed by atoms with van der Waals surface area (Å²) in [7, 11) is 1.71. The molecule has 0 unspecified atom stereocenters. The number of hydrogen-bond donors (Lipinski definition) is 2. The number of amides is 1. The monoisotopic (exact) mass is 565 g/mol. The van der Waals surface area contributed by atoms with E-state index in [4.69, 9.17) is 10.5 Å². The van der Waals surface area contributed by atoms with Crippen LogP contribution in [0.5, 0.6) is 0 Å². The molecule has 0 bridgehead atoms. The average molecular weight is 566 g/mol. The molecule has 0 aliphatic heterocycles. The first kappa shape index (κ1) is 31.9. The summed E-state index contributed by atoms with van der Waals surface area (Å²) < 4.78 is 33.6. The minimum absolute atomic E-state index is 0.0823. The van der Waals surface area contributed by atoms with E-state index in [1.54, 1.807) is 30.1 Å². The number of nitrogens with two attached hydrogens (primary N) is 1. The number of halogens is 2. The predicted molar refractivity (Wildman–Crippen MR) is 158 cm³/mol. The molecule has 0 spiro atoms. The lowest BCUT2D eigenvalue weighted by molar-refractivity contribution is 0.0235. The fourth-order valence-corrected chi connectivity index (χ4v) is 4.65. The highest BCUT2D eigenvalue weighted by molar-refractivity contribution is 6.05. The molecular weight excluding hydrogens is 524 g/mol. The Labute approximate surface area is 241 Å². The van der Waals surface area contributed by atoms with Crippen LogP contribution in [0.15, 0.2) is 60.7 Å². The standard InChI is InChI=1S/C33H41F2N3O3/c1-5-7-13-38(4)32(39)28-12-11-22(3)14-29(28)33(40)41-31(21-37-20-24-10-8-9-23(6-2)15-24)30(36)18-25-16-26(34)19-27(35)17-25/h8-12,14-17,19,30-31,37H,5-7,13,18,20-21,36H2,1-4H3/t30-,31+/m0/s1. The summed E-state index contributed by atoms with van der Waals surface area (Å²) in [6.45, 7) is 7.25. The van der Waals surface area contributed by atoms with Crippen LogP contribution >= 0.6 is 0 Å². The van der Waals surface area contributed by atoms with Gasteiger partial charge >= 0.3 is 5.97 Å². The van der Waals surface area contributed by atoms with Crippen molar-refractivity contribution in [2.75, 3.05) is 20.1 Å². The minimum atomic E-state index is -0.843. The number of ether oxygens (including phenoxy) is 1. The Morgan fingerprint density at radius 2 is 1.66 bits per heavy atom. The molecule has 3 rings (SSSR count). The fraction of sp³-hybridized carbons (Fsp3) is 0.394. The zero-order valence-electron chi connectivity index (χ0n) is 24.4. The summed E-state index contributed by atoms with van der Waals surface area (Å²) in [5.74, 6) is -2.36. The third kappa shape index (κ3) is 9.47. The van der Waals surface area contributed by atoms with Crippen LogP contribution in [0, 0.1) is 18.6 Å². The summed E-state index contributed by atoms with van der Waals surface area (Å²) in [5, 5.41) is 3.31. The predicted octanol–water partition coefficient (Wildman–Crippen LogP) is 5.59. The van der Waals surface area contributed by atoms with Gasteiger partial charge in [-0.2, -0.15) is 0 Å². The van der Waals surface area contributed by atoms with Crippen molar-refractivity contribution in [2.45, 2.75) is 65.1 Å². The zero-order chi connectivity index (χ0) is 29.9. The van der Waals surface area contributed by atoms with Crippen LogP contribution in [0.3, 0.4) is 0 Å². The van der Waals surface area contributed by atoms with E-state index in [-0.39, 0.29) is 30.0 Å². The number of carbonyl (C=O) groups excluding carboxylic acids is 2. The minimum Gasteiger partial charge on any atom is -0.456 e.